The van der Waals surface area contributed by atoms with Gasteiger partial charge < -0.3 is 20.5 Å². The molecule has 0 aromatic heterocycles. The zero-order chi connectivity index (χ0) is 18.5. The van der Waals surface area contributed by atoms with Gasteiger partial charge in [-0.15, -0.1) is 0 Å². The van der Waals surface area contributed by atoms with E-state index in [0.29, 0.717) is 29.6 Å². The minimum absolute atomic E-state index is 0.160. The van der Waals surface area contributed by atoms with Crippen molar-refractivity contribution in [2.45, 2.75) is 31.2 Å². The highest BCUT2D eigenvalue weighted by Gasteiger charge is 2.37. The van der Waals surface area contributed by atoms with Crippen molar-refractivity contribution < 1.29 is 14.6 Å². The fraction of sp³-hybridized carbons (Fsp3) is 0.316. The SMILES string of the molecule is O=C(NCc1ccc(Cl)cc1)O[C@@H]1[C@@H](O)CN[C@@H]1Cc1ccc(Cl)cc1. The predicted octanol–water partition coefficient (Wildman–Crippen LogP) is 3.16. The van der Waals surface area contributed by atoms with Crippen LogP contribution >= 0.6 is 23.2 Å². The molecule has 3 rings (SSSR count). The number of nitrogens with one attached hydrogen (secondary N) is 2. The van der Waals surface area contributed by atoms with Gasteiger partial charge >= 0.3 is 6.09 Å². The number of amides is 1. The number of benzene rings is 2. The molecule has 0 unspecified atom stereocenters. The molecule has 3 atom stereocenters. The Labute approximate surface area is 162 Å². The van der Waals surface area contributed by atoms with E-state index in [1.807, 2.05) is 36.4 Å². The molecule has 138 valence electrons. The Bertz CT molecular complexity index is 737. The highest BCUT2D eigenvalue weighted by molar-refractivity contribution is 6.30. The van der Waals surface area contributed by atoms with Crippen LogP contribution in [0.2, 0.25) is 10.0 Å². The van der Waals surface area contributed by atoms with Gasteiger partial charge in [-0.25, -0.2) is 4.79 Å². The average Bonchev–Trinajstić information content (AvgIpc) is 2.96. The number of carbonyl (C=O) groups is 1. The Morgan fingerprint density at radius 3 is 2.27 bits per heavy atom. The molecule has 7 heteroatoms. The van der Waals surface area contributed by atoms with Gasteiger partial charge in [0.2, 0.25) is 0 Å². The van der Waals surface area contributed by atoms with Crippen molar-refractivity contribution >= 4 is 29.3 Å². The van der Waals surface area contributed by atoms with E-state index in [0.717, 1.165) is 11.1 Å². The summed E-state index contributed by atoms with van der Waals surface area (Å²) in [5, 5.41) is 17.4. The maximum Gasteiger partial charge on any atom is 0.407 e. The Hall–Kier alpha value is -1.79. The molecule has 1 aliphatic heterocycles. The number of aliphatic hydroxyl groups excluding tert-OH is 1. The second kappa shape index (κ2) is 8.73. The van der Waals surface area contributed by atoms with Crippen molar-refractivity contribution in [2.75, 3.05) is 6.54 Å². The lowest BCUT2D eigenvalue weighted by Gasteiger charge is -2.22. The Kier molecular flexibility index (Phi) is 6.38. The van der Waals surface area contributed by atoms with Gasteiger partial charge in [-0.05, 0) is 41.8 Å². The fourth-order valence-electron chi connectivity index (χ4n) is 2.94. The lowest BCUT2D eigenvalue weighted by Crippen LogP contribution is -2.41. The molecule has 1 heterocycles. The minimum atomic E-state index is -0.742. The van der Waals surface area contributed by atoms with Crippen LogP contribution in [0.15, 0.2) is 48.5 Å². The maximum atomic E-state index is 12.1. The summed E-state index contributed by atoms with van der Waals surface area (Å²) in [6.45, 7) is 0.710. The van der Waals surface area contributed by atoms with Gasteiger partial charge in [-0.1, -0.05) is 47.5 Å². The van der Waals surface area contributed by atoms with Gasteiger partial charge in [-0.2, -0.15) is 0 Å². The Morgan fingerprint density at radius 1 is 1.08 bits per heavy atom. The predicted molar refractivity (Wildman–Crippen MR) is 102 cm³/mol. The lowest BCUT2D eigenvalue weighted by atomic mass is 10.0. The molecule has 3 N–H and O–H groups in total. The number of hydrogen-bond donors (Lipinski definition) is 3. The monoisotopic (exact) mass is 394 g/mol. The van der Waals surface area contributed by atoms with Gasteiger partial charge in [-0.3, -0.25) is 0 Å². The van der Waals surface area contributed by atoms with Crippen LogP contribution in [-0.2, 0) is 17.7 Å². The molecule has 5 nitrogen and oxygen atoms in total. The number of halogens is 2. The van der Waals surface area contributed by atoms with Crippen LogP contribution in [-0.4, -0.2) is 36.0 Å². The van der Waals surface area contributed by atoms with Crippen LogP contribution in [0.5, 0.6) is 0 Å². The van der Waals surface area contributed by atoms with E-state index in [1.165, 1.54) is 0 Å². The first-order valence-corrected chi connectivity index (χ1v) is 9.11. The number of ether oxygens (including phenoxy) is 1. The van der Waals surface area contributed by atoms with Crippen molar-refractivity contribution in [2.24, 2.45) is 0 Å². The molecule has 0 bridgehead atoms. The van der Waals surface area contributed by atoms with Crippen LogP contribution < -0.4 is 10.6 Å². The second-order valence-corrected chi connectivity index (χ2v) is 7.14. The molecule has 2 aromatic carbocycles. The number of hydrogen-bond acceptors (Lipinski definition) is 4. The maximum absolute atomic E-state index is 12.1. The first-order chi connectivity index (χ1) is 12.5. The molecular weight excluding hydrogens is 375 g/mol. The Morgan fingerprint density at radius 2 is 1.65 bits per heavy atom. The summed E-state index contributed by atoms with van der Waals surface area (Å²) in [6, 6.07) is 14.5. The fourth-order valence-corrected chi connectivity index (χ4v) is 3.19. The normalized spacial score (nSPS) is 22.2. The van der Waals surface area contributed by atoms with Crippen LogP contribution in [0.25, 0.3) is 0 Å². The smallest absolute Gasteiger partial charge is 0.407 e. The third kappa shape index (κ3) is 5.11. The van der Waals surface area contributed by atoms with Crippen molar-refractivity contribution in [3.05, 3.63) is 69.7 Å². The summed E-state index contributed by atoms with van der Waals surface area (Å²) in [6.07, 6.45) is -1.29. The summed E-state index contributed by atoms with van der Waals surface area (Å²) in [5.41, 5.74) is 1.96. The van der Waals surface area contributed by atoms with Crippen LogP contribution in [0, 0.1) is 0 Å². The third-order valence-electron chi connectivity index (χ3n) is 4.33. The lowest BCUT2D eigenvalue weighted by molar-refractivity contribution is 0.0188. The third-order valence-corrected chi connectivity index (χ3v) is 4.83. The number of β-amino-alcohol motifs (C(OH)–C–C–N with tert-alkyl or cyclic N) is 1. The summed E-state index contributed by atoms with van der Waals surface area (Å²) in [5.74, 6) is 0. The molecule has 0 saturated carbocycles. The molecule has 1 saturated heterocycles. The molecule has 1 amide bonds. The van der Waals surface area contributed by atoms with Gasteiger partial charge in [0.1, 0.15) is 12.2 Å². The summed E-state index contributed by atoms with van der Waals surface area (Å²) in [7, 11) is 0. The molecule has 0 spiro atoms. The van der Waals surface area contributed by atoms with Crippen LogP contribution in [0.4, 0.5) is 4.79 Å². The van der Waals surface area contributed by atoms with Crippen molar-refractivity contribution in [3.63, 3.8) is 0 Å². The number of rotatable bonds is 5. The van der Waals surface area contributed by atoms with Gasteiger partial charge in [0.25, 0.3) is 0 Å². The Balaban J connectivity index is 1.54. The highest BCUT2D eigenvalue weighted by Crippen LogP contribution is 2.19. The van der Waals surface area contributed by atoms with E-state index in [-0.39, 0.29) is 6.04 Å². The largest absolute Gasteiger partial charge is 0.442 e. The quantitative estimate of drug-likeness (QED) is 0.728. The highest BCUT2D eigenvalue weighted by atomic mass is 35.5. The average molecular weight is 395 g/mol. The van der Waals surface area contributed by atoms with Crippen molar-refractivity contribution in [1.29, 1.82) is 0 Å². The molecule has 2 aromatic rings. The summed E-state index contributed by atoms with van der Waals surface area (Å²) >= 11 is 11.7. The molecule has 1 aliphatic rings. The van der Waals surface area contributed by atoms with Gasteiger partial charge in [0, 0.05) is 23.1 Å². The minimum Gasteiger partial charge on any atom is -0.442 e. The zero-order valence-corrected chi connectivity index (χ0v) is 15.5. The zero-order valence-electron chi connectivity index (χ0n) is 14.0. The standard InChI is InChI=1S/C19H20Cl2N2O3/c20-14-5-1-12(2-6-14)9-16-18(17(24)11-22-16)26-19(25)23-10-13-3-7-15(21)8-4-13/h1-8,16-18,22,24H,9-11H2,(H,23,25)/t16-,17+,18+/m1/s1. The summed E-state index contributed by atoms with van der Waals surface area (Å²) in [4.78, 5) is 12.1. The second-order valence-electron chi connectivity index (χ2n) is 6.26. The van der Waals surface area contributed by atoms with E-state index in [4.69, 9.17) is 27.9 Å². The molecule has 1 fully saturated rings. The van der Waals surface area contributed by atoms with Crippen LogP contribution in [0.1, 0.15) is 11.1 Å². The van der Waals surface area contributed by atoms with Crippen molar-refractivity contribution in [3.8, 4) is 0 Å². The van der Waals surface area contributed by atoms with Crippen molar-refractivity contribution in [1.82, 2.24) is 10.6 Å². The van der Waals surface area contributed by atoms with Gasteiger partial charge in [0.15, 0.2) is 0 Å². The molecule has 0 aliphatic carbocycles. The van der Waals surface area contributed by atoms with E-state index >= 15 is 0 Å². The number of aliphatic hydroxyl groups is 1. The first-order valence-electron chi connectivity index (χ1n) is 8.36. The molecular formula is C19H20Cl2N2O3. The summed E-state index contributed by atoms with van der Waals surface area (Å²) < 4.78 is 5.46. The van der Waals surface area contributed by atoms with Gasteiger partial charge in [0.05, 0.1) is 6.04 Å². The van der Waals surface area contributed by atoms with E-state index in [9.17, 15) is 9.90 Å². The van der Waals surface area contributed by atoms with E-state index < -0.39 is 18.3 Å². The topological polar surface area (TPSA) is 70.6 Å². The number of alkyl carbamates (subject to hydrolysis) is 1. The first kappa shape index (κ1) is 19.0. The van der Waals surface area contributed by atoms with E-state index in [1.54, 1.807) is 12.1 Å². The van der Waals surface area contributed by atoms with E-state index in [2.05, 4.69) is 10.6 Å². The van der Waals surface area contributed by atoms with Crippen LogP contribution in [0.3, 0.4) is 0 Å². The molecule has 26 heavy (non-hydrogen) atoms. The molecule has 0 radical (unpaired) electrons. The number of carbonyl (C=O) groups excluding carboxylic acids is 1.